The van der Waals surface area contributed by atoms with E-state index in [-0.39, 0.29) is 0 Å². The van der Waals surface area contributed by atoms with Gasteiger partial charge in [0.25, 0.3) is 0 Å². The molecule has 3 nitrogen and oxygen atoms in total. The topological polar surface area (TPSA) is 24.5 Å². The first kappa shape index (κ1) is 13.5. The summed E-state index contributed by atoms with van der Waals surface area (Å²) in [6.45, 7) is 5.06. The van der Waals surface area contributed by atoms with Crippen LogP contribution < -0.4 is 10.1 Å². The number of likely N-dealkylation sites (tertiary alicyclic amines) is 1. The van der Waals surface area contributed by atoms with Crippen LogP contribution in [0.4, 0.5) is 5.69 Å². The van der Waals surface area contributed by atoms with Gasteiger partial charge < -0.3 is 15.0 Å². The number of nitrogens with one attached hydrogen (secondary N) is 1. The predicted molar refractivity (Wildman–Crippen MR) is 76.8 cm³/mol. The summed E-state index contributed by atoms with van der Waals surface area (Å²) < 4.78 is 5.94. The highest BCUT2D eigenvalue weighted by Crippen LogP contribution is 2.30. The standard InChI is InChI=1S/C14H21ClN2O/c1-10-13(15)6-12(16-2)7-14(10)18-9-11-4-5-17(3)8-11/h6-7,11,16H,4-5,8-9H2,1-3H3. The van der Waals surface area contributed by atoms with E-state index in [9.17, 15) is 0 Å². The van der Waals surface area contributed by atoms with Crippen LogP contribution in [-0.4, -0.2) is 38.7 Å². The zero-order valence-electron chi connectivity index (χ0n) is 11.3. The number of halogens is 1. The van der Waals surface area contributed by atoms with Crippen LogP contribution >= 0.6 is 11.6 Å². The van der Waals surface area contributed by atoms with E-state index < -0.39 is 0 Å². The summed E-state index contributed by atoms with van der Waals surface area (Å²) >= 11 is 6.19. The average molecular weight is 269 g/mol. The summed E-state index contributed by atoms with van der Waals surface area (Å²) in [5.41, 5.74) is 2.01. The molecule has 1 heterocycles. The Hall–Kier alpha value is -0.930. The van der Waals surface area contributed by atoms with Gasteiger partial charge in [-0.25, -0.2) is 0 Å². The summed E-state index contributed by atoms with van der Waals surface area (Å²) in [5.74, 6) is 1.52. The summed E-state index contributed by atoms with van der Waals surface area (Å²) in [6, 6.07) is 3.94. The van der Waals surface area contributed by atoms with Gasteiger partial charge >= 0.3 is 0 Å². The first-order valence-corrected chi connectivity index (χ1v) is 6.77. The van der Waals surface area contributed by atoms with Crippen LogP contribution in [0.3, 0.4) is 0 Å². The van der Waals surface area contributed by atoms with Gasteiger partial charge in [0.2, 0.25) is 0 Å². The van der Waals surface area contributed by atoms with Crippen LogP contribution in [0.25, 0.3) is 0 Å². The molecule has 1 atom stereocenters. The molecule has 4 heteroatoms. The van der Waals surface area contributed by atoms with Gasteiger partial charge in [-0.1, -0.05) is 11.6 Å². The zero-order valence-corrected chi connectivity index (χ0v) is 12.0. The van der Waals surface area contributed by atoms with E-state index in [1.54, 1.807) is 0 Å². The molecule has 1 aromatic carbocycles. The summed E-state index contributed by atoms with van der Waals surface area (Å²) in [5, 5.41) is 3.85. The fourth-order valence-corrected chi connectivity index (χ4v) is 2.53. The summed E-state index contributed by atoms with van der Waals surface area (Å²) in [6.07, 6.45) is 1.22. The van der Waals surface area contributed by atoms with E-state index in [0.29, 0.717) is 5.92 Å². The molecule has 1 aliphatic heterocycles. The van der Waals surface area contributed by atoms with Gasteiger partial charge in [-0.3, -0.25) is 0 Å². The van der Waals surface area contributed by atoms with Crippen molar-refractivity contribution < 1.29 is 4.74 Å². The van der Waals surface area contributed by atoms with Crippen molar-refractivity contribution in [2.24, 2.45) is 5.92 Å². The van der Waals surface area contributed by atoms with Gasteiger partial charge in [0.05, 0.1) is 6.61 Å². The van der Waals surface area contributed by atoms with Gasteiger partial charge in [0.15, 0.2) is 0 Å². The minimum absolute atomic E-state index is 0.631. The zero-order chi connectivity index (χ0) is 13.1. The van der Waals surface area contributed by atoms with Crippen molar-refractivity contribution in [3.8, 4) is 5.75 Å². The molecule has 1 unspecified atom stereocenters. The SMILES string of the molecule is CNc1cc(Cl)c(C)c(OCC2CCN(C)C2)c1. The molecule has 0 amide bonds. The van der Waals surface area contributed by atoms with Gasteiger partial charge in [0, 0.05) is 41.9 Å². The maximum absolute atomic E-state index is 6.19. The van der Waals surface area contributed by atoms with E-state index >= 15 is 0 Å². The second-order valence-corrected chi connectivity index (χ2v) is 5.47. The number of anilines is 1. The third-order valence-corrected chi connectivity index (χ3v) is 3.94. The molecule has 1 aromatic rings. The highest BCUT2D eigenvalue weighted by atomic mass is 35.5. The van der Waals surface area contributed by atoms with Crippen molar-refractivity contribution in [2.45, 2.75) is 13.3 Å². The third-order valence-electron chi connectivity index (χ3n) is 3.55. The van der Waals surface area contributed by atoms with Crippen LogP contribution in [0.2, 0.25) is 5.02 Å². The van der Waals surface area contributed by atoms with Crippen LogP contribution in [0.15, 0.2) is 12.1 Å². The van der Waals surface area contributed by atoms with Crippen LogP contribution in [0.1, 0.15) is 12.0 Å². The van der Waals surface area contributed by atoms with Crippen molar-refractivity contribution in [3.63, 3.8) is 0 Å². The molecule has 1 saturated heterocycles. The number of ether oxygens (including phenoxy) is 1. The van der Waals surface area contributed by atoms with Gasteiger partial charge in [-0.15, -0.1) is 0 Å². The lowest BCUT2D eigenvalue weighted by Gasteiger charge is -2.15. The molecule has 18 heavy (non-hydrogen) atoms. The fourth-order valence-electron chi connectivity index (χ4n) is 2.32. The molecule has 1 fully saturated rings. The molecule has 1 N–H and O–H groups in total. The van der Waals surface area contributed by atoms with E-state index in [1.165, 1.54) is 13.0 Å². The molecule has 2 rings (SSSR count). The smallest absolute Gasteiger partial charge is 0.125 e. The van der Waals surface area contributed by atoms with Crippen molar-refractivity contribution in [3.05, 3.63) is 22.7 Å². The van der Waals surface area contributed by atoms with Crippen LogP contribution in [0, 0.1) is 12.8 Å². The predicted octanol–water partition coefficient (Wildman–Crippen LogP) is 3.02. The second kappa shape index (κ2) is 5.81. The van der Waals surface area contributed by atoms with Gasteiger partial charge in [0.1, 0.15) is 5.75 Å². The first-order chi connectivity index (χ1) is 8.60. The van der Waals surface area contributed by atoms with Gasteiger partial charge in [-0.2, -0.15) is 0 Å². The Bertz CT molecular complexity index is 423. The van der Waals surface area contributed by atoms with Crippen LogP contribution in [-0.2, 0) is 0 Å². The molecular weight excluding hydrogens is 248 g/mol. The minimum Gasteiger partial charge on any atom is -0.493 e. The number of hydrogen-bond acceptors (Lipinski definition) is 3. The lowest BCUT2D eigenvalue weighted by atomic mass is 10.1. The normalized spacial score (nSPS) is 20.1. The molecule has 1 aliphatic rings. The Morgan fingerprint density at radius 2 is 2.28 bits per heavy atom. The highest BCUT2D eigenvalue weighted by Gasteiger charge is 2.20. The fraction of sp³-hybridized carbons (Fsp3) is 0.571. The largest absolute Gasteiger partial charge is 0.493 e. The molecular formula is C14H21ClN2O. The van der Waals surface area contributed by atoms with E-state index in [0.717, 1.165) is 35.2 Å². The molecule has 100 valence electrons. The van der Waals surface area contributed by atoms with Crippen LogP contribution in [0.5, 0.6) is 5.75 Å². The molecule has 0 aromatic heterocycles. The van der Waals surface area contributed by atoms with Crippen molar-refractivity contribution in [1.29, 1.82) is 0 Å². The second-order valence-electron chi connectivity index (χ2n) is 5.06. The number of nitrogens with zero attached hydrogens (tertiary/aromatic N) is 1. The third kappa shape index (κ3) is 3.09. The summed E-state index contributed by atoms with van der Waals surface area (Å²) in [4.78, 5) is 2.35. The average Bonchev–Trinajstić information content (AvgIpc) is 2.77. The Balaban J connectivity index is 2.02. The molecule has 0 saturated carbocycles. The maximum atomic E-state index is 6.19. The molecule has 0 radical (unpaired) electrons. The van der Waals surface area contributed by atoms with E-state index in [1.807, 2.05) is 26.1 Å². The Kier molecular flexibility index (Phi) is 4.36. The quantitative estimate of drug-likeness (QED) is 0.909. The summed E-state index contributed by atoms with van der Waals surface area (Å²) in [7, 11) is 4.04. The number of hydrogen-bond donors (Lipinski definition) is 1. The number of rotatable bonds is 4. The number of benzene rings is 1. The lowest BCUT2D eigenvalue weighted by molar-refractivity contribution is 0.248. The van der Waals surface area contributed by atoms with Crippen molar-refractivity contribution >= 4 is 17.3 Å². The highest BCUT2D eigenvalue weighted by molar-refractivity contribution is 6.31. The monoisotopic (exact) mass is 268 g/mol. The molecule has 0 aliphatic carbocycles. The lowest BCUT2D eigenvalue weighted by Crippen LogP contribution is -2.18. The van der Waals surface area contributed by atoms with Crippen molar-refractivity contribution in [1.82, 2.24) is 4.90 Å². The van der Waals surface area contributed by atoms with Crippen molar-refractivity contribution in [2.75, 3.05) is 39.1 Å². The van der Waals surface area contributed by atoms with Gasteiger partial charge in [-0.05, 0) is 33.0 Å². The first-order valence-electron chi connectivity index (χ1n) is 6.39. The minimum atomic E-state index is 0.631. The Morgan fingerprint density at radius 1 is 1.50 bits per heavy atom. The van der Waals surface area contributed by atoms with E-state index in [2.05, 4.69) is 17.3 Å². The Labute approximate surface area is 114 Å². The van der Waals surface area contributed by atoms with E-state index in [4.69, 9.17) is 16.3 Å². The maximum Gasteiger partial charge on any atom is 0.125 e. The molecule has 0 spiro atoms. The Morgan fingerprint density at radius 3 is 2.89 bits per heavy atom. The molecule has 0 bridgehead atoms.